The van der Waals surface area contributed by atoms with Gasteiger partial charge in [-0.1, -0.05) is 39.8 Å². The van der Waals surface area contributed by atoms with E-state index < -0.39 is 0 Å². The van der Waals surface area contributed by atoms with E-state index in [1.807, 2.05) is 34.1 Å². The zero-order chi connectivity index (χ0) is 17.7. The second-order valence-corrected chi connectivity index (χ2v) is 7.62. The summed E-state index contributed by atoms with van der Waals surface area (Å²) in [5.74, 6) is 1.19. The maximum atomic E-state index is 12.9. The van der Waals surface area contributed by atoms with Crippen molar-refractivity contribution in [2.45, 2.75) is 47.1 Å². The zero-order valence-corrected chi connectivity index (χ0v) is 15.4. The minimum absolute atomic E-state index is 0.0898. The maximum absolute atomic E-state index is 12.9. The van der Waals surface area contributed by atoms with E-state index in [2.05, 4.69) is 27.7 Å². The summed E-state index contributed by atoms with van der Waals surface area (Å²) in [6, 6.07) is 7.75. The van der Waals surface area contributed by atoms with Crippen molar-refractivity contribution in [1.82, 2.24) is 9.80 Å². The molecule has 1 aromatic carbocycles. The van der Waals surface area contributed by atoms with Gasteiger partial charge in [-0.2, -0.15) is 0 Å². The molecule has 0 N–H and O–H groups in total. The van der Waals surface area contributed by atoms with Gasteiger partial charge in [0.05, 0.1) is 0 Å². The summed E-state index contributed by atoms with van der Waals surface area (Å²) in [7, 11) is 0. The van der Waals surface area contributed by atoms with Crippen LogP contribution in [0.3, 0.4) is 0 Å². The predicted octanol–water partition coefficient (Wildman–Crippen LogP) is 3.56. The van der Waals surface area contributed by atoms with Gasteiger partial charge in [-0.05, 0) is 36.0 Å². The van der Waals surface area contributed by atoms with Crippen LogP contribution in [-0.2, 0) is 11.3 Å². The molecule has 1 aliphatic rings. The molecule has 0 aromatic heterocycles. The summed E-state index contributed by atoms with van der Waals surface area (Å²) in [6.07, 6.45) is 1.59. The van der Waals surface area contributed by atoms with E-state index in [1.54, 1.807) is 0 Å². The summed E-state index contributed by atoms with van der Waals surface area (Å²) in [6.45, 7) is 11.5. The fourth-order valence-electron chi connectivity index (χ4n) is 3.20. The zero-order valence-electron chi connectivity index (χ0n) is 15.4. The Hall–Kier alpha value is -1.84. The molecule has 0 bridgehead atoms. The lowest BCUT2D eigenvalue weighted by atomic mass is 10.1. The molecule has 0 aliphatic carbocycles. The Morgan fingerprint density at radius 3 is 2.38 bits per heavy atom. The van der Waals surface area contributed by atoms with Crippen molar-refractivity contribution in [3.63, 3.8) is 0 Å². The summed E-state index contributed by atoms with van der Waals surface area (Å²) in [4.78, 5) is 28.5. The first-order valence-electron chi connectivity index (χ1n) is 9.02. The average molecular weight is 330 g/mol. The van der Waals surface area contributed by atoms with Gasteiger partial charge in [0.1, 0.15) is 0 Å². The number of hydrogen-bond donors (Lipinski definition) is 0. The van der Waals surface area contributed by atoms with Crippen LogP contribution in [0.4, 0.5) is 0 Å². The van der Waals surface area contributed by atoms with Crippen LogP contribution in [0.15, 0.2) is 24.3 Å². The highest BCUT2D eigenvalue weighted by molar-refractivity contribution is 5.94. The first kappa shape index (κ1) is 18.5. The van der Waals surface area contributed by atoms with Crippen LogP contribution in [0.2, 0.25) is 0 Å². The van der Waals surface area contributed by atoms with E-state index in [0.717, 1.165) is 37.2 Å². The highest BCUT2D eigenvalue weighted by Gasteiger charge is 2.21. The van der Waals surface area contributed by atoms with Gasteiger partial charge < -0.3 is 9.80 Å². The number of likely N-dealkylation sites (tertiary alicyclic amines) is 1. The standard InChI is InChI=1S/C20H30N2O2/c1-15(2)12-22(13-16(3)4)20(24)18-8-5-7-17(11-18)14-21-10-6-9-19(21)23/h5,7-8,11,15-16H,6,9-10,12-14H2,1-4H3. The van der Waals surface area contributed by atoms with Gasteiger partial charge in [0.15, 0.2) is 0 Å². The molecule has 0 radical (unpaired) electrons. The lowest BCUT2D eigenvalue weighted by Gasteiger charge is -2.27. The third-order valence-corrected chi connectivity index (χ3v) is 4.18. The maximum Gasteiger partial charge on any atom is 0.253 e. The van der Waals surface area contributed by atoms with Crippen molar-refractivity contribution in [3.05, 3.63) is 35.4 Å². The third kappa shape index (κ3) is 5.08. The van der Waals surface area contributed by atoms with Gasteiger partial charge in [-0.25, -0.2) is 0 Å². The lowest BCUT2D eigenvalue weighted by molar-refractivity contribution is -0.128. The Balaban J connectivity index is 2.12. The third-order valence-electron chi connectivity index (χ3n) is 4.18. The van der Waals surface area contributed by atoms with Crippen molar-refractivity contribution in [2.75, 3.05) is 19.6 Å². The average Bonchev–Trinajstić information content (AvgIpc) is 2.90. The molecule has 0 saturated carbocycles. The highest BCUT2D eigenvalue weighted by Crippen LogP contribution is 2.17. The molecule has 4 heteroatoms. The van der Waals surface area contributed by atoms with E-state index in [9.17, 15) is 9.59 Å². The van der Waals surface area contributed by atoms with E-state index in [1.165, 1.54) is 0 Å². The number of benzene rings is 1. The van der Waals surface area contributed by atoms with Crippen molar-refractivity contribution in [2.24, 2.45) is 11.8 Å². The molecule has 132 valence electrons. The fourth-order valence-corrected chi connectivity index (χ4v) is 3.20. The summed E-state index contributed by atoms with van der Waals surface area (Å²) < 4.78 is 0. The molecule has 1 heterocycles. The Morgan fingerprint density at radius 1 is 1.17 bits per heavy atom. The van der Waals surface area contributed by atoms with Crippen LogP contribution in [-0.4, -0.2) is 41.2 Å². The van der Waals surface area contributed by atoms with Gasteiger partial charge in [0, 0.05) is 38.2 Å². The van der Waals surface area contributed by atoms with Crippen molar-refractivity contribution in [3.8, 4) is 0 Å². The molecule has 1 aromatic rings. The van der Waals surface area contributed by atoms with Crippen LogP contribution in [0.25, 0.3) is 0 Å². The van der Waals surface area contributed by atoms with Crippen LogP contribution >= 0.6 is 0 Å². The smallest absolute Gasteiger partial charge is 0.253 e. The molecule has 1 aliphatic heterocycles. The second-order valence-electron chi connectivity index (χ2n) is 7.62. The van der Waals surface area contributed by atoms with Crippen molar-refractivity contribution in [1.29, 1.82) is 0 Å². The number of amides is 2. The Kier molecular flexibility index (Phi) is 6.41. The van der Waals surface area contributed by atoms with Gasteiger partial charge in [-0.15, -0.1) is 0 Å². The van der Waals surface area contributed by atoms with Crippen molar-refractivity contribution >= 4 is 11.8 Å². The van der Waals surface area contributed by atoms with Crippen LogP contribution in [0.1, 0.15) is 56.5 Å². The number of carbonyl (C=O) groups is 2. The fraction of sp³-hybridized carbons (Fsp3) is 0.600. The summed E-state index contributed by atoms with van der Waals surface area (Å²) in [5, 5.41) is 0. The molecule has 2 rings (SSSR count). The Labute approximate surface area is 145 Å². The molecular formula is C20H30N2O2. The van der Waals surface area contributed by atoms with E-state index in [4.69, 9.17) is 0 Å². The molecule has 1 saturated heterocycles. The topological polar surface area (TPSA) is 40.6 Å². The number of nitrogens with zero attached hydrogens (tertiary/aromatic N) is 2. The SMILES string of the molecule is CC(C)CN(CC(C)C)C(=O)c1cccc(CN2CCCC2=O)c1. The summed E-state index contributed by atoms with van der Waals surface area (Å²) in [5.41, 5.74) is 1.76. The molecule has 0 atom stereocenters. The minimum atomic E-state index is 0.0898. The van der Waals surface area contributed by atoms with Crippen LogP contribution in [0, 0.1) is 11.8 Å². The molecule has 4 nitrogen and oxygen atoms in total. The molecule has 0 spiro atoms. The van der Waals surface area contributed by atoms with Gasteiger partial charge in [-0.3, -0.25) is 9.59 Å². The van der Waals surface area contributed by atoms with E-state index in [0.29, 0.717) is 24.8 Å². The van der Waals surface area contributed by atoms with E-state index in [-0.39, 0.29) is 11.8 Å². The quantitative estimate of drug-likeness (QED) is 0.767. The number of carbonyl (C=O) groups excluding carboxylic acids is 2. The molecule has 0 unspecified atom stereocenters. The highest BCUT2D eigenvalue weighted by atomic mass is 16.2. The van der Waals surface area contributed by atoms with Gasteiger partial charge in [0.25, 0.3) is 5.91 Å². The Bertz CT molecular complexity index is 571. The van der Waals surface area contributed by atoms with Gasteiger partial charge in [0.2, 0.25) is 5.91 Å². The van der Waals surface area contributed by atoms with Crippen LogP contribution < -0.4 is 0 Å². The van der Waals surface area contributed by atoms with Crippen molar-refractivity contribution < 1.29 is 9.59 Å². The minimum Gasteiger partial charge on any atom is -0.338 e. The first-order valence-corrected chi connectivity index (χ1v) is 9.02. The molecular weight excluding hydrogens is 300 g/mol. The molecule has 24 heavy (non-hydrogen) atoms. The second kappa shape index (κ2) is 8.32. The first-order chi connectivity index (χ1) is 11.4. The lowest BCUT2D eigenvalue weighted by Crippen LogP contribution is -2.37. The predicted molar refractivity (Wildman–Crippen MR) is 96.7 cm³/mol. The van der Waals surface area contributed by atoms with E-state index >= 15 is 0 Å². The number of hydrogen-bond acceptors (Lipinski definition) is 2. The number of rotatable bonds is 7. The normalized spacial score (nSPS) is 14.8. The molecule has 2 amide bonds. The van der Waals surface area contributed by atoms with Gasteiger partial charge >= 0.3 is 0 Å². The summed E-state index contributed by atoms with van der Waals surface area (Å²) >= 11 is 0. The molecule has 1 fully saturated rings. The van der Waals surface area contributed by atoms with Crippen LogP contribution in [0.5, 0.6) is 0 Å². The largest absolute Gasteiger partial charge is 0.338 e. The monoisotopic (exact) mass is 330 g/mol. The Morgan fingerprint density at radius 2 is 1.83 bits per heavy atom.